The van der Waals surface area contributed by atoms with Gasteiger partial charge < -0.3 is 24.7 Å². The van der Waals surface area contributed by atoms with Crippen molar-refractivity contribution < 1.29 is 19.4 Å². The fourth-order valence-electron chi connectivity index (χ4n) is 4.33. The smallest absolute Gasteiger partial charge is 0.248 e. The summed E-state index contributed by atoms with van der Waals surface area (Å²) in [5.41, 5.74) is 4.69. The number of rotatable bonds is 15. The highest BCUT2D eigenvalue weighted by atomic mass is 16.6. The lowest BCUT2D eigenvalue weighted by Gasteiger charge is -2.21. The van der Waals surface area contributed by atoms with E-state index in [1.807, 2.05) is 73.7 Å². The van der Waals surface area contributed by atoms with Gasteiger partial charge in [-0.1, -0.05) is 62.2 Å². The van der Waals surface area contributed by atoms with Crippen LogP contribution >= 0.6 is 0 Å². The topological polar surface area (TPSA) is 113 Å². The second-order valence-corrected chi connectivity index (χ2v) is 9.42. The van der Waals surface area contributed by atoms with Gasteiger partial charge in [0.15, 0.2) is 6.29 Å². The Labute approximate surface area is 230 Å². The molecule has 39 heavy (non-hydrogen) atoms. The first kappa shape index (κ1) is 28.4. The minimum Gasteiger partial charge on any atom is -0.416 e. The van der Waals surface area contributed by atoms with Gasteiger partial charge in [-0.2, -0.15) is 0 Å². The summed E-state index contributed by atoms with van der Waals surface area (Å²) in [6.07, 6.45) is 1.96. The van der Waals surface area contributed by atoms with Crippen LogP contribution in [-0.2, 0) is 4.74 Å². The van der Waals surface area contributed by atoms with Crippen molar-refractivity contribution in [3.8, 4) is 22.9 Å². The van der Waals surface area contributed by atoms with Crippen molar-refractivity contribution in [1.29, 1.82) is 0 Å². The molecule has 8 nitrogen and oxygen atoms in total. The van der Waals surface area contributed by atoms with Gasteiger partial charge in [0.05, 0.1) is 6.04 Å². The zero-order valence-electron chi connectivity index (χ0n) is 22.6. The first-order valence-corrected chi connectivity index (χ1v) is 13.6. The van der Waals surface area contributed by atoms with E-state index >= 15 is 0 Å². The monoisotopic (exact) mass is 530 g/mol. The number of hydrogen-bond donors (Lipinski definition) is 4. The summed E-state index contributed by atoms with van der Waals surface area (Å²) in [7, 11) is 0. The summed E-state index contributed by atoms with van der Waals surface area (Å²) in [5.74, 6) is 0.998. The van der Waals surface area contributed by atoms with Crippen LogP contribution in [0.3, 0.4) is 0 Å². The molecule has 3 atom stereocenters. The summed E-state index contributed by atoms with van der Waals surface area (Å²) >= 11 is 0. The highest BCUT2D eigenvalue weighted by Crippen LogP contribution is 2.29. The molecule has 4 N–H and O–H groups in total. The second kappa shape index (κ2) is 14.6. The van der Waals surface area contributed by atoms with Crippen molar-refractivity contribution >= 4 is 5.69 Å². The minimum absolute atomic E-state index is 0.135. The van der Waals surface area contributed by atoms with Gasteiger partial charge in [-0.3, -0.25) is 5.32 Å². The van der Waals surface area contributed by atoms with E-state index in [9.17, 15) is 10.2 Å². The summed E-state index contributed by atoms with van der Waals surface area (Å²) in [6, 6.07) is 25.9. The van der Waals surface area contributed by atoms with E-state index in [0.29, 0.717) is 31.4 Å². The molecular formula is C31H38N4O4. The number of benzene rings is 3. The Kier molecular flexibility index (Phi) is 10.6. The number of anilines is 1. The van der Waals surface area contributed by atoms with E-state index in [2.05, 4.69) is 39.9 Å². The third-order valence-corrected chi connectivity index (χ3v) is 6.51. The first-order chi connectivity index (χ1) is 19.1. The molecule has 3 unspecified atom stereocenters. The number of ether oxygens (including phenoxy) is 1. The van der Waals surface area contributed by atoms with Crippen LogP contribution in [0.25, 0.3) is 22.9 Å². The Morgan fingerprint density at radius 2 is 1.44 bits per heavy atom. The van der Waals surface area contributed by atoms with Crippen molar-refractivity contribution in [2.75, 3.05) is 18.5 Å². The number of aliphatic hydroxyl groups is 2. The molecule has 0 bridgehead atoms. The number of unbranched alkanes of at least 4 members (excludes halogenated alkanes) is 1. The number of hydrogen-bond acceptors (Lipinski definition) is 8. The maximum absolute atomic E-state index is 10.4. The molecule has 0 aliphatic carbocycles. The van der Waals surface area contributed by atoms with Crippen molar-refractivity contribution in [2.45, 2.75) is 58.1 Å². The molecule has 0 saturated heterocycles. The number of aliphatic hydroxyl groups excluding tert-OH is 2. The van der Waals surface area contributed by atoms with Crippen LogP contribution in [-0.4, -0.2) is 39.9 Å². The van der Waals surface area contributed by atoms with Crippen LogP contribution in [0.2, 0.25) is 0 Å². The molecular weight excluding hydrogens is 492 g/mol. The number of aromatic nitrogens is 2. The van der Waals surface area contributed by atoms with Gasteiger partial charge in [0, 0.05) is 36.4 Å². The van der Waals surface area contributed by atoms with E-state index in [1.54, 1.807) is 0 Å². The molecule has 4 aromatic rings. The van der Waals surface area contributed by atoms with Crippen LogP contribution in [0.15, 0.2) is 83.3 Å². The Morgan fingerprint density at radius 3 is 2.08 bits per heavy atom. The zero-order chi connectivity index (χ0) is 27.5. The highest BCUT2D eigenvalue weighted by molar-refractivity contribution is 5.58. The van der Waals surface area contributed by atoms with E-state index < -0.39 is 12.5 Å². The van der Waals surface area contributed by atoms with Crippen molar-refractivity contribution in [3.63, 3.8) is 0 Å². The van der Waals surface area contributed by atoms with E-state index in [0.717, 1.165) is 41.6 Å². The molecule has 0 aliphatic rings. The Balaban J connectivity index is 1.38. The van der Waals surface area contributed by atoms with Gasteiger partial charge in [-0.25, -0.2) is 0 Å². The van der Waals surface area contributed by atoms with E-state index in [-0.39, 0.29) is 6.04 Å². The summed E-state index contributed by atoms with van der Waals surface area (Å²) in [6.45, 7) is 4.92. The first-order valence-electron chi connectivity index (χ1n) is 13.6. The predicted molar refractivity (Wildman–Crippen MR) is 153 cm³/mol. The molecule has 0 spiro atoms. The van der Waals surface area contributed by atoms with Gasteiger partial charge in [0.2, 0.25) is 11.8 Å². The SMILES string of the molecule is CCCCC(Nc1ccc(C(O)NCCC(O)OCC)cc1)c1ccc(-c2nnc(-c3ccccc3)o2)cc1. The standard InChI is InChI=1S/C31H38N4O4/c1-3-5-11-27(33-26-18-16-23(17-19-26)29(37)32-21-20-28(36)38-4-2)22-12-14-25(15-13-22)31-35-34-30(39-31)24-9-7-6-8-10-24/h6-10,12-19,27-29,32-33,36-37H,3-5,11,20-21H2,1-2H3. The van der Waals surface area contributed by atoms with Crippen LogP contribution in [0, 0.1) is 0 Å². The molecule has 0 fully saturated rings. The van der Waals surface area contributed by atoms with E-state index in [1.165, 1.54) is 5.56 Å². The maximum atomic E-state index is 10.4. The molecule has 1 heterocycles. The molecule has 3 aromatic carbocycles. The molecule has 0 saturated carbocycles. The van der Waals surface area contributed by atoms with Crippen molar-refractivity contribution in [2.24, 2.45) is 0 Å². The summed E-state index contributed by atoms with van der Waals surface area (Å²) < 4.78 is 11.0. The molecule has 1 aromatic heterocycles. The summed E-state index contributed by atoms with van der Waals surface area (Å²) in [4.78, 5) is 0. The normalized spacial score (nSPS) is 13.6. The van der Waals surface area contributed by atoms with Crippen molar-refractivity contribution in [1.82, 2.24) is 15.5 Å². The van der Waals surface area contributed by atoms with Crippen molar-refractivity contribution in [3.05, 3.63) is 90.0 Å². The van der Waals surface area contributed by atoms with E-state index in [4.69, 9.17) is 9.15 Å². The fourth-order valence-corrected chi connectivity index (χ4v) is 4.33. The zero-order valence-corrected chi connectivity index (χ0v) is 22.6. The molecule has 0 radical (unpaired) electrons. The van der Waals surface area contributed by atoms with Gasteiger partial charge in [-0.05, 0) is 60.9 Å². The lowest BCUT2D eigenvalue weighted by atomic mass is 9.99. The minimum atomic E-state index is -0.825. The van der Waals surface area contributed by atoms with Gasteiger partial charge in [0.25, 0.3) is 0 Å². The Morgan fingerprint density at radius 1 is 0.795 bits per heavy atom. The molecule has 4 rings (SSSR count). The van der Waals surface area contributed by atoms with Gasteiger partial charge >= 0.3 is 0 Å². The average Bonchev–Trinajstić information content (AvgIpc) is 3.47. The largest absolute Gasteiger partial charge is 0.416 e. The number of nitrogens with zero attached hydrogens (tertiary/aromatic N) is 2. The highest BCUT2D eigenvalue weighted by Gasteiger charge is 2.15. The predicted octanol–water partition coefficient (Wildman–Crippen LogP) is 6.07. The number of nitrogens with one attached hydrogen (secondary N) is 2. The van der Waals surface area contributed by atoms with Crippen LogP contribution in [0.5, 0.6) is 0 Å². The maximum Gasteiger partial charge on any atom is 0.248 e. The third-order valence-electron chi connectivity index (χ3n) is 6.51. The molecule has 0 amide bonds. The average molecular weight is 531 g/mol. The van der Waals surface area contributed by atoms with Gasteiger partial charge in [0.1, 0.15) is 6.23 Å². The second-order valence-electron chi connectivity index (χ2n) is 9.42. The quantitative estimate of drug-likeness (QED) is 0.137. The molecule has 8 heteroatoms. The lowest BCUT2D eigenvalue weighted by Crippen LogP contribution is -2.26. The lowest BCUT2D eigenvalue weighted by molar-refractivity contribution is -0.0988. The summed E-state index contributed by atoms with van der Waals surface area (Å²) in [5, 5.41) is 35.2. The third kappa shape index (κ3) is 8.21. The Hall–Kier alpha value is -3.56. The van der Waals surface area contributed by atoms with Crippen LogP contribution in [0.1, 0.15) is 62.9 Å². The fraction of sp³-hybridized carbons (Fsp3) is 0.355. The van der Waals surface area contributed by atoms with Crippen LogP contribution < -0.4 is 10.6 Å². The van der Waals surface area contributed by atoms with Gasteiger partial charge in [-0.15, -0.1) is 10.2 Å². The molecule has 0 aliphatic heterocycles. The molecule has 206 valence electrons. The Bertz CT molecular complexity index is 1250. The van der Waals surface area contributed by atoms with Crippen LogP contribution in [0.4, 0.5) is 5.69 Å².